The fraction of sp³-hybridized carbons (Fsp3) is 0.250. The molecule has 0 spiro atoms. The number of H-pyrrole nitrogens is 1. The van der Waals surface area contributed by atoms with Crippen molar-refractivity contribution < 1.29 is 4.74 Å². The van der Waals surface area contributed by atoms with E-state index in [2.05, 4.69) is 25.9 Å². The molecular weight excluding hydrogens is 332 g/mol. The first-order valence-corrected chi connectivity index (χ1v) is 7.57. The zero-order chi connectivity index (χ0) is 15.6. The number of methoxy groups -OCH3 is 1. The predicted octanol–water partition coefficient (Wildman–Crippen LogP) is 4.18. The number of ether oxygens (including phenoxy) is 1. The van der Waals surface area contributed by atoms with Gasteiger partial charge in [-0.15, -0.1) is 0 Å². The maximum absolute atomic E-state index is 12.1. The Morgan fingerprint density at radius 1 is 1.19 bits per heavy atom. The van der Waals surface area contributed by atoms with Crippen molar-refractivity contribution in [3.8, 4) is 5.88 Å². The number of halogens is 1. The van der Waals surface area contributed by atoms with Gasteiger partial charge in [0, 0.05) is 10.8 Å². The van der Waals surface area contributed by atoms with Gasteiger partial charge >= 0.3 is 0 Å². The van der Waals surface area contributed by atoms with Crippen molar-refractivity contribution in [1.82, 2.24) is 9.97 Å². The first kappa shape index (κ1) is 15.5. The third kappa shape index (κ3) is 2.53. The second-order valence-corrected chi connectivity index (χ2v) is 5.06. The van der Waals surface area contributed by atoms with Crippen LogP contribution in [0.2, 0.25) is 0 Å². The van der Waals surface area contributed by atoms with Crippen molar-refractivity contribution in [2.75, 3.05) is 7.11 Å². The highest BCUT2D eigenvalue weighted by Gasteiger charge is 2.15. The Labute approximate surface area is 131 Å². The van der Waals surface area contributed by atoms with Crippen molar-refractivity contribution in [3.63, 3.8) is 0 Å². The predicted molar refractivity (Wildman–Crippen MR) is 90.2 cm³/mol. The van der Waals surface area contributed by atoms with Gasteiger partial charge < -0.3 is 9.72 Å². The second-order valence-electron chi connectivity index (χ2n) is 4.27. The molecule has 0 fully saturated rings. The van der Waals surface area contributed by atoms with Crippen LogP contribution in [-0.4, -0.2) is 17.1 Å². The Bertz CT molecular complexity index is 856. The molecular formula is C16H17BrN2O2. The van der Waals surface area contributed by atoms with Gasteiger partial charge in [0.1, 0.15) is 0 Å². The van der Waals surface area contributed by atoms with E-state index in [-0.39, 0.29) is 5.56 Å². The summed E-state index contributed by atoms with van der Waals surface area (Å²) in [4.78, 5) is 19.3. The zero-order valence-corrected chi connectivity index (χ0v) is 14.0. The van der Waals surface area contributed by atoms with Gasteiger partial charge in [-0.25, -0.2) is 4.98 Å². The number of rotatable bonds is 1. The van der Waals surface area contributed by atoms with E-state index in [1.165, 1.54) is 0 Å². The van der Waals surface area contributed by atoms with Gasteiger partial charge in [0.25, 0.3) is 5.56 Å². The minimum atomic E-state index is -0.106. The average Bonchev–Trinajstić information content (AvgIpc) is 2.53. The highest BCUT2D eigenvalue weighted by Crippen LogP contribution is 2.35. The molecule has 2 aromatic heterocycles. The standard InChI is InChI=1S/C14H11BrN2O2.C2H6/c1-7-12-10(11(15)14(16-7)19-2)8-5-3-4-6-9(8)13(18)17-12;1-2/h3-6H,1-2H3,(H,17,18);1-2H3. The third-order valence-corrected chi connectivity index (χ3v) is 3.90. The largest absolute Gasteiger partial charge is 0.480 e. The lowest BCUT2D eigenvalue weighted by Crippen LogP contribution is -2.08. The van der Waals surface area contributed by atoms with Crippen molar-refractivity contribution in [2.45, 2.75) is 20.8 Å². The van der Waals surface area contributed by atoms with Gasteiger partial charge in [-0.2, -0.15) is 0 Å². The lowest BCUT2D eigenvalue weighted by molar-refractivity contribution is 0.395. The van der Waals surface area contributed by atoms with Gasteiger partial charge in [0.15, 0.2) is 0 Å². The topological polar surface area (TPSA) is 55.0 Å². The molecule has 110 valence electrons. The van der Waals surface area contributed by atoms with E-state index in [0.29, 0.717) is 11.3 Å². The number of hydrogen-bond acceptors (Lipinski definition) is 3. The lowest BCUT2D eigenvalue weighted by atomic mass is 10.1. The maximum Gasteiger partial charge on any atom is 0.256 e. The van der Waals surface area contributed by atoms with Crippen LogP contribution in [0.5, 0.6) is 5.88 Å². The SMILES string of the molecule is CC.COc1nc(C)c2[nH]c(=O)c3ccccc3c2c1Br. The molecule has 4 nitrogen and oxygen atoms in total. The van der Waals surface area contributed by atoms with E-state index in [0.717, 1.165) is 26.5 Å². The van der Waals surface area contributed by atoms with E-state index in [1.54, 1.807) is 7.11 Å². The Morgan fingerprint density at radius 3 is 2.43 bits per heavy atom. The average molecular weight is 349 g/mol. The molecule has 0 amide bonds. The number of pyridine rings is 2. The smallest absolute Gasteiger partial charge is 0.256 e. The number of aromatic nitrogens is 2. The summed E-state index contributed by atoms with van der Waals surface area (Å²) in [6.07, 6.45) is 0. The summed E-state index contributed by atoms with van der Waals surface area (Å²) in [5, 5.41) is 2.46. The highest BCUT2D eigenvalue weighted by atomic mass is 79.9. The van der Waals surface area contributed by atoms with Crippen molar-refractivity contribution in [1.29, 1.82) is 0 Å². The molecule has 0 atom stereocenters. The monoisotopic (exact) mass is 348 g/mol. The Kier molecular flexibility index (Phi) is 4.63. The van der Waals surface area contributed by atoms with Gasteiger partial charge in [-0.05, 0) is 34.3 Å². The molecule has 0 aliphatic rings. The molecule has 0 saturated heterocycles. The van der Waals surface area contributed by atoms with Crippen LogP contribution < -0.4 is 10.3 Å². The van der Waals surface area contributed by atoms with Crippen molar-refractivity contribution in [2.24, 2.45) is 0 Å². The van der Waals surface area contributed by atoms with Crippen LogP contribution in [0.1, 0.15) is 19.5 Å². The summed E-state index contributed by atoms with van der Waals surface area (Å²) in [5.74, 6) is 0.516. The number of aromatic amines is 1. The van der Waals surface area contributed by atoms with Gasteiger partial charge in [0.05, 0.1) is 22.8 Å². The molecule has 0 aliphatic heterocycles. The number of benzene rings is 1. The zero-order valence-electron chi connectivity index (χ0n) is 12.5. The number of hydrogen-bond donors (Lipinski definition) is 1. The van der Waals surface area contributed by atoms with Gasteiger partial charge in [0.2, 0.25) is 5.88 Å². The highest BCUT2D eigenvalue weighted by molar-refractivity contribution is 9.10. The molecule has 1 aromatic carbocycles. The second kappa shape index (κ2) is 6.26. The van der Waals surface area contributed by atoms with Crippen LogP contribution in [0.4, 0.5) is 0 Å². The Balaban J connectivity index is 0.000000774. The minimum Gasteiger partial charge on any atom is -0.480 e. The lowest BCUT2D eigenvalue weighted by Gasteiger charge is -2.10. The molecule has 0 bridgehead atoms. The van der Waals surface area contributed by atoms with E-state index < -0.39 is 0 Å². The normalized spacial score (nSPS) is 10.3. The summed E-state index contributed by atoms with van der Waals surface area (Å²) in [6.45, 7) is 5.85. The fourth-order valence-electron chi connectivity index (χ4n) is 2.28. The number of nitrogens with one attached hydrogen (secondary N) is 1. The third-order valence-electron chi connectivity index (χ3n) is 3.16. The van der Waals surface area contributed by atoms with E-state index >= 15 is 0 Å². The van der Waals surface area contributed by atoms with Crippen molar-refractivity contribution in [3.05, 3.63) is 44.8 Å². The molecule has 0 saturated carbocycles. The van der Waals surface area contributed by atoms with Gasteiger partial charge in [-0.3, -0.25) is 4.79 Å². The fourth-order valence-corrected chi connectivity index (χ4v) is 2.94. The minimum absolute atomic E-state index is 0.106. The molecule has 0 aliphatic carbocycles. The maximum atomic E-state index is 12.1. The molecule has 1 N–H and O–H groups in total. The van der Waals surface area contributed by atoms with Crippen LogP contribution in [0, 0.1) is 6.92 Å². The number of nitrogens with zero attached hydrogens (tertiary/aromatic N) is 1. The summed E-state index contributed by atoms with van der Waals surface area (Å²) in [5.41, 5.74) is 1.36. The molecule has 5 heteroatoms. The van der Waals surface area contributed by atoms with Crippen LogP contribution >= 0.6 is 15.9 Å². The first-order valence-electron chi connectivity index (χ1n) is 6.78. The Morgan fingerprint density at radius 2 is 1.81 bits per heavy atom. The molecule has 3 rings (SSSR count). The van der Waals surface area contributed by atoms with Crippen LogP contribution in [-0.2, 0) is 0 Å². The summed E-state index contributed by atoms with van der Waals surface area (Å²) >= 11 is 3.51. The van der Waals surface area contributed by atoms with Gasteiger partial charge in [-0.1, -0.05) is 32.0 Å². The molecule has 21 heavy (non-hydrogen) atoms. The molecule has 2 heterocycles. The van der Waals surface area contributed by atoms with Crippen LogP contribution in [0.15, 0.2) is 33.5 Å². The van der Waals surface area contributed by atoms with E-state index in [1.807, 2.05) is 45.0 Å². The van der Waals surface area contributed by atoms with Crippen LogP contribution in [0.25, 0.3) is 21.7 Å². The number of fused-ring (bicyclic) bond motifs is 3. The van der Waals surface area contributed by atoms with E-state index in [9.17, 15) is 4.79 Å². The molecule has 3 aromatic rings. The van der Waals surface area contributed by atoms with Crippen LogP contribution in [0.3, 0.4) is 0 Å². The van der Waals surface area contributed by atoms with E-state index in [4.69, 9.17) is 4.74 Å². The summed E-state index contributed by atoms with van der Waals surface area (Å²) < 4.78 is 6.02. The Hall–Kier alpha value is -1.88. The summed E-state index contributed by atoms with van der Waals surface area (Å²) in [7, 11) is 1.58. The quantitative estimate of drug-likeness (QED) is 0.671. The van der Waals surface area contributed by atoms with Crippen molar-refractivity contribution >= 4 is 37.6 Å². The molecule has 0 unspecified atom stereocenters. The molecule has 0 radical (unpaired) electrons. The summed E-state index contributed by atoms with van der Waals surface area (Å²) in [6, 6.07) is 7.50. The number of aryl methyl sites for hydroxylation is 1. The first-order chi connectivity index (χ1) is 10.1.